The van der Waals surface area contributed by atoms with Crippen LogP contribution in [-0.4, -0.2) is 65.2 Å². The molecule has 6 aromatic rings. The maximum absolute atomic E-state index is 12.4. The van der Waals surface area contributed by atoms with E-state index >= 15 is 0 Å². The van der Waals surface area contributed by atoms with E-state index in [1.807, 2.05) is 0 Å². The van der Waals surface area contributed by atoms with Gasteiger partial charge in [-0.2, -0.15) is 0 Å². The minimum atomic E-state index is -1.47. The number of nitrogens with zero attached hydrogens (tertiary/aromatic N) is 2. The van der Waals surface area contributed by atoms with E-state index in [1.54, 1.807) is 53.7 Å². The van der Waals surface area contributed by atoms with Crippen molar-refractivity contribution in [1.29, 1.82) is 0 Å². The third-order valence-corrected chi connectivity index (χ3v) is 11.0. The van der Waals surface area contributed by atoms with Crippen molar-refractivity contribution in [1.82, 2.24) is 0 Å². The molecule has 6 aromatic carbocycles. The maximum atomic E-state index is 12.4. The molecule has 0 aliphatic heterocycles. The predicted molar refractivity (Wildman–Crippen MR) is 233 cm³/mol. The Morgan fingerprint density at radius 1 is 0.533 bits per heavy atom. The average molecular weight is 854 g/mol. The molecular formula is C46H42Cl2N2O10. The predicted octanol–water partition coefficient (Wildman–Crippen LogP) is 10.6. The van der Waals surface area contributed by atoms with Crippen LogP contribution in [0.5, 0.6) is 34.5 Å². The van der Waals surface area contributed by atoms with Gasteiger partial charge in [-0.25, -0.2) is 9.59 Å². The number of aliphatic imine (C=N–C) groups is 2. The molecule has 0 fully saturated rings. The highest BCUT2D eigenvalue weighted by Gasteiger charge is 2.30. The van der Waals surface area contributed by atoms with Crippen molar-refractivity contribution in [3.8, 4) is 45.6 Å². The molecule has 14 heteroatoms. The molecule has 0 aromatic heterocycles. The highest BCUT2D eigenvalue weighted by atomic mass is 35.5. The first-order chi connectivity index (χ1) is 28.3. The summed E-state index contributed by atoms with van der Waals surface area (Å²) in [6.07, 6.45) is 2.12. The summed E-state index contributed by atoms with van der Waals surface area (Å²) in [5.74, 6) is -6.68. The van der Waals surface area contributed by atoms with Crippen LogP contribution in [0.15, 0.2) is 70.6 Å². The Kier molecular flexibility index (Phi) is 11.9. The number of phenols is 6. The van der Waals surface area contributed by atoms with E-state index < -0.39 is 58.5 Å². The number of hydrogen-bond donors (Lipinski definition) is 8. The topological polar surface area (TPSA) is 221 Å². The van der Waals surface area contributed by atoms with E-state index in [4.69, 9.17) is 23.2 Å². The zero-order valence-corrected chi connectivity index (χ0v) is 34.8. The first kappa shape index (κ1) is 43.1. The van der Waals surface area contributed by atoms with Gasteiger partial charge in [-0.1, -0.05) is 87.3 Å². The van der Waals surface area contributed by atoms with Crippen LogP contribution >= 0.6 is 23.2 Å². The Hall–Kier alpha value is -6.50. The summed E-state index contributed by atoms with van der Waals surface area (Å²) in [6, 6.07) is 12.3. The largest absolute Gasteiger partial charge is 0.507 e. The van der Waals surface area contributed by atoms with E-state index in [2.05, 4.69) is 9.98 Å². The summed E-state index contributed by atoms with van der Waals surface area (Å²) in [4.78, 5) is 33.4. The molecule has 60 heavy (non-hydrogen) atoms. The summed E-state index contributed by atoms with van der Waals surface area (Å²) >= 11 is 12.1. The van der Waals surface area contributed by atoms with E-state index in [0.29, 0.717) is 31.9 Å². The van der Waals surface area contributed by atoms with Gasteiger partial charge < -0.3 is 40.9 Å². The molecule has 310 valence electrons. The van der Waals surface area contributed by atoms with Crippen molar-refractivity contribution >= 4 is 69.1 Å². The molecule has 0 bridgehead atoms. The Morgan fingerprint density at radius 3 is 1.13 bits per heavy atom. The quantitative estimate of drug-likeness (QED) is 0.0455. The van der Waals surface area contributed by atoms with Gasteiger partial charge in [-0.05, 0) is 83.0 Å². The van der Waals surface area contributed by atoms with Crippen LogP contribution in [0, 0.1) is 13.8 Å². The molecule has 0 amide bonds. The molecule has 0 spiro atoms. The number of carboxylic acid groups (broad SMARTS) is 2. The van der Waals surface area contributed by atoms with Gasteiger partial charge in [0.15, 0.2) is 35.1 Å². The van der Waals surface area contributed by atoms with Gasteiger partial charge in [0.05, 0.1) is 0 Å². The number of aromatic hydroxyl groups is 6. The summed E-state index contributed by atoms with van der Waals surface area (Å²) < 4.78 is 0. The molecule has 0 saturated heterocycles. The molecule has 2 unspecified atom stereocenters. The zero-order chi connectivity index (χ0) is 44.1. The van der Waals surface area contributed by atoms with Gasteiger partial charge in [0.2, 0.25) is 0 Å². The minimum absolute atomic E-state index is 0.0111. The fourth-order valence-electron chi connectivity index (χ4n) is 7.80. The maximum Gasteiger partial charge on any atom is 0.333 e. The van der Waals surface area contributed by atoms with Gasteiger partial charge in [0, 0.05) is 66.6 Å². The number of fused-ring (bicyclic) bond motifs is 2. The Labute approximate surface area is 354 Å². The van der Waals surface area contributed by atoms with Crippen LogP contribution in [-0.2, 0) is 9.59 Å². The summed E-state index contributed by atoms with van der Waals surface area (Å²) in [7, 11) is 0. The molecule has 8 N–H and O–H groups in total. The highest BCUT2D eigenvalue weighted by Crippen LogP contribution is 2.54. The van der Waals surface area contributed by atoms with E-state index in [0.717, 1.165) is 12.4 Å². The number of rotatable bonds is 11. The Balaban J connectivity index is 1.69. The number of hydrogen-bond acceptors (Lipinski definition) is 10. The van der Waals surface area contributed by atoms with Crippen molar-refractivity contribution in [3.05, 3.63) is 115 Å². The monoisotopic (exact) mass is 852 g/mol. The van der Waals surface area contributed by atoms with Gasteiger partial charge in [-0.15, -0.1) is 0 Å². The van der Waals surface area contributed by atoms with Crippen LogP contribution in [0.2, 0.25) is 10.0 Å². The van der Waals surface area contributed by atoms with Gasteiger partial charge in [0.25, 0.3) is 0 Å². The Morgan fingerprint density at radius 2 is 0.850 bits per heavy atom. The zero-order valence-electron chi connectivity index (χ0n) is 33.3. The van der Waals surface area contributed by atoms with Crippen molar-refractivity contribution < 1.29 is 50.4 Å². The van der Waals surface area contributed by atoms with Crippen molar-refractivity contribution in [2.45, 2.75) is 65.5 Å². The number of benzene rings is 6. The number of carboxylic acids is 2. The molecule has 0 heterocycles. The normalized spacial score (nSPS) is 13.0. The standard InChI is InChI=1S/C46H42Cl2N2O10/c1-19(2)31-27-15-21(5)33(41(53)35(27)29(39(51)43(31)55)17-49-37(45(57)58)23-7-11-25(47)12-8-23)34-22(6)16-28-32(20(3)4)44(56)40(52)30(36(28)42(34)54)18-50-38(46(59)60)24-9-13-26(48)14-10-24/h7-20,37-38,51-56H,1-6H3,(H,57,58)(H,59,60). The van der Waals surface area contributed by atoms with Crippen molar-refractivity contribution in [2.24, 2.45) is 9.98 Å². The fraction of sp³-hybridized carbons (Fsp3) is 0.217. The number of halogens is 2. The van der Waals surface area contributed by atoms with Crippen LogP contribution in [0.3, 0.4) is 0 Å². The molecule has 6 rings (SSSR count). The minimum Gasteiger partial charge on any atom is -0.507 e. The second-order valence-electron chi connectivity index (χ2n) is 15.2. The van der Waals surface area contributed by atoms with Crippen LogP contribution in [0.1, 0.15) is 96.1 Å². The van der Waals surface area contributed by atoms with Crippen LogP contribution in [0.25, 0.3) is 32.7 Å². The number of aliphatic carboxylic acids is 2. The number of aryl methyl sites for hydroxylation is 2. The summed E-state index contributed by atoms with van der Waals surface area (Å²) in [5.41, 5.74) is 1.67. The molecule has 0 radical (unpaired) electrons. The first-order valence-corrected chi connectivity index (χ1v) is 19.5. The molecule has 0 aliphatic carbocycles. The third-order valence-electron chi connectivity index (χ3n) is 10.5. The van der Waals surface area contributed by atoms with Gasteiger partial charge in [-0.3, -0.25) is 9.98 Å². The second-order valence-corrected chi connectivity index (χ2v) is 16.1. The lowest BCUT2D eigenvalue weighted by Gasteiger charge is -2.23. The lowest BCUT2D eigenvalue weighted by Crippen LogP contribution is -2.10. The first-order valence-electron chi connectivity index (χ1n) is 18.8. The number of carbonyl (C=O) groups is 2. The highest BCUT2D eigenvalue weighted by molar-refractivity contribution is 6.30. The lowest BCUT2D eigenvalue weighted by atomic mass is 9.83. The Bertz CT molecular complexity index is 2590. The summed E-state index contributed by atoms with van der Waals surface area (Å²) in [5, 5.41) is 92.2. The van der Waals surface area contributed by atoms with Gasteiger partial charge in [0.1, 0.15) is 11.5 Å². The smallest absolute Gasteiger partial charge is 0.333 e. The second kappa shape index (κ2) is 16.6. The van der Waals surface area contributed by atoms with Crippen molar-refractivity contribution in [3.63, 3.8) is 0 Å². The van der Waals surface area contributed by atoms with E-state index in [1.165, 1.54) is 48.5 Å². The lowest BCUT2D eigenvalue weighted by molar-refractivity contribution is -0.139. The molecule has 0 aliphatic rings. The molecular weight excluding hydrogens is 811 g/mol. The van der Waals surface area contributed by atoms with Crippen molar-refractivity contribution in [2.75, 3.05) is 0 Å². The van der Waals surface area contributed by atoms with Crippen LogP contribution in [0.4, 0.5) is 0 Å². The van der Waals surface area contributed by atoms with Gasteiger partial charge >= 0.3 is 11.9 Å². The van der Waals surface area contributed by atoms with Crippen LogP contribution < -0.4 is 0 Å². The third kappa shape index (κ3) is 7.60. The molecule has 12 nitrogen and oxygen atoms in total. The summed E-state index contributed by atoms with van der Waals surface area (Å²) in [6.45, 7) is 10.5. The van der Waals surface area contributed by atoms with E-state index in [-0.39, 0.29) is 67.1 Å². The SMILES string of the molecule is Cc1cc2c(C(C)C)c(O)c(O)c(C=NC(C(=O)O)c3ccc(Cl)cc3)c2c(O)c1-c1c(C)cc2c(C(C)C)c(O)c(O)c(C=NC(C(=O)O)c3ccc(Cl)cc3)c2c1O. The fourth-order valence-corrected chi connectivity index (χ4v) is 8.05. The van der Waals surface area contributed by atoms with E-state index in [9.17, 15) is 50.4 Å². The average Bonchev–Trinajstić information content (AvgIpc) is 3.16. The molecule has 2 atom stereocenters. The molecule has 0 saturated carbocycles. The number of phenolic OH excluding ortho intramolecular Hbond substituents is 6.